The maximum atomic E-state index is 12.8. The molecule has 0 unspecified atom stereocenters. The Morgan fingerprint density at radius 1 is 0.884 bits per heavy atom. The number of primary sulfonamides is 1. The summed E-state index contributed by atoms with van der Waals surface area (Å²) in [5.74, 6) is -1.04. The summed E-state index contributed by atoms with van der Waals surface area (Å²) in [4.78, 5) is 28.7. The molecule has 0 fully saturated rings. The quantitative estimate of drug-likeness (QED) is 0.163. The predicted octanol–water partition coefficient (Wildman–Crippen LogP) is 4.28. The lowest BCUT2D eigenvalue weighted by Crippen LogP contribution is -2.22. The molecule has 0 spiro atoms. The Morgan fingerprint density at radius 2 is 1.53 bits per heavy atom. The van der Waals surface area contributed by atoms with Crippen LogP contribution in [0.15, 0.2) is 102 Å². The van der Waals surface area contributed by atoms with Gasteiger partial charge in [0.15, 0.2) is 0 Å². The zero-order valence-electron chi connectivity index (χ0n) is 22.3. The number of aromatic nitrogens is 3. The summed E-state index contributed by atoms with van der Waals surface area (Å²) in [5, 5.41) is 24.4. The van der Waals surface area contributed by atoms with Crippen LogP contribution in [0.4, 0.5) is 28.1 Å². The first-order valence-corrected chi connectivity index (χ1v) is 14.2. The summed E-state index contributed by atoms with van der Waals surface area (Å²) in [6, 6.07) is 25.9. The highest BCUT2D eigenvalue weighted by molar-refractivity contribution is 7.89. The van der Waals surface area contributed by atoms with E-state index >= 15 is 0 Å². The van der Waals surface area contributed by atoms with E-state index in [-0.39, 0.29) is 34.7 Å². The average Bonchev–Trinajstić information content (AvgIpc) is 3.36. The topological polar surface area (TPSA) is 205 Å². The van der Waals surface area contributed by atoms with Crippen molar-refractivity contribution in [1.82, 2.24) is 14.8 Å². The van der Waals surface area contributed by atoms with Crippen molar-refractivity contribution in [2.75, 3.05) is 16.4 Å². The number of nitrogen functional groups attached to an aromatic ring is 1. The van der Waals surface area contributed by atoms with Gasteiger partial charge in [0.1, 0.15) is 17.9 Å². The first kappa shape index (κ1) is 28.8. The Hall–Kier alpha value is -5.73. The first-order valence-electron chi connectivity index (χ1n) is 12.6. The van der Waals surface area contributed by atoms with Crippen molar-refractivity contribution in [3.8, 4) is 16.9 Å². The van der Waals surface area contributed by atoms with Crippen molar-refractivity contribution in [3.05, 3.63) is 108 Å². The van der Waals surface area contributed by atoms with Gasteiger partial charge < -0.3 is 26.2 Å². The number of ether oxygens (including phenoxy) is 1. The molecule has 5 aromatic rings. The molecule has 0 aliphatic heterocycles. The highest BCUT2D eigenvalue weighted by Crippen LogP contribution is 2.29. The fourth-order valence-electron chi connectivity index (χ4n) is 4.04. The van der Waals surface area contributed by atoms with Crippen LogP contribution in [0, 0.1) is 0 Å². The van der Waals surface area contributed by atoms with Crippen LogP contribution in [0.3, 0.4) is 0 Å². The smallest absolute Gasteiger partial charge is 0.349 e. The van der Waals surface area contributed by atoms with Gasteiger partial charge in [-0.2, -0.15) is 4.98 Å². The van der Waals surface area contributed by atoms with Crippen LogP contribution in [0.25, 0.3) is 11.1 Å². The van der Waals surface area contributed by atoms with Gasteiger partial charge in [0, 0.05) is 11.4 Å². The number of carboxylic acids is 1. The van der Waals surface area contributed by atoms with Gasteiger partial charge in [0.25, 0.3) is 0 Å². The molecule has 0 radical (unpaired) electrons. The van der Waals surface area contributed by atoms with Crippen LogP contribution in [0.2, 0.25) is 0 Å². The number of rotatable bonds is 9. The summed E-state index contributed by atoms with van der Waals surface area (Å²) in [6.07, 6.45) is 0. The minimum absolute atomic E-state index is 0.0109. The van der Waals surface area contributed by atoms with Gasteiger partial charge in [-0.1, -0.05) is 48.5 Å². The van der Waals surface area contributed by atoms with E-state index < -0.39 is 22.0 Å². The lowest BCUT2D eigenvalue weighted by atomic mass is 10.0. The third kappa shape index (κ3) is 6.95. The van der Waals surface area contributed by atoms with E-state index in [0.717, 1.165) is 15.8 Å². The molecule has 14 heteroatoms. The van der Waals surface area contributed by atoms with Crippen molar-refractivity contribution in [1.29, 1.82) is 0 Å². The number of hydrogen-bond donors (Lipinski definition) is 5. The minimum atomic E-state index is -3.84. The SMILES string of the molecule is Nc1nc(Nc2ccc(S(N)(=O)=O)cc2)nn1C(=O)Nc1ccc(-c2ccc(OCc3ccccc3)c(C(=O)O)c2)cc1. The minimum Gasteiger partial charge on any atom is -0.488 e. The van der Waals surface area contributed by atoms with E-state index in [1.807, 2.05) is 30.3 Å². The zero-order chi connectivity index (χ0) is 30.6. The maximum Gasteiger partial charge on any atom is 0.349 e. The first-order chi connectivity index (χ1) is 20.6. The van der Waals surface area contributed by atoms with Crippen LogP contribution in [0.5, 0.6) is 5.75 Å². The summed E-state index contributed by atoms with van der Waals surface area (Å²) in [7, 11) is -3.84. The maximum absolute atomic E-state index is 12.8. The Morgan fingerprint density at radius 3 is 2.19 bits per heavy atom. The number of anilines is 4. The second-order valence-corrected chi connectivity index (χ2v) is 10.8. The van der Waals surface area contributed by atoms with Gasteiger partial charge in [-0.25, -0.2) is 23.1 Å². The number of amides is 1. The third-order valence-corrected chi connectivity index (χ3v) is 7.11. The third-order valence-electron chi connectivity index (χ3n) is 6.18. The van der Waals surface area contributed by atoms with E-state index in [9.17, 15) is 23.1 Å². The van der Waals surface area contributed by atoms with Gasteiger partial charge >= 0.3 is 12.0 Å². The van der Waals surface area contributed by atoms with E-state index in [1.165, 1.54) is 30.3 Å². The Balaban J connectivity index is 1.25. The molecular weight excluding hydrogens is 574 g/mol. The second-order valence-electron chi connectivity index (χ2n) is 9.20. The highest BCUT2D eigenvalue weighted by Gasteiger charge is 2.16. The van der Waals surface area contributed by atoms with Crippen molar-refractivity contribution >= 4 is 45.3 Å². The number of benzene rings is 4. The monoisotopic (exact) mass is 599 g/mol. The lowest BCUT2D eigenvalue weighted by molar-refractivity contribution is 0.0691. The molecule has 218 valence electrons. The zero-order valence-corrected chi connectivity index (χ0v) is 23.2. The van der Waals surface area contributed by atoms with Gasteiger partial charge in [0.2, 0.25) is 21.9 Å². The molecule has 0 saturated carbocycles. The van der Waals surface area contributed by atoms with Crippen molar-refractivity contribution in [3.63, 3.8) is 0 Å². The van der Waals surface area contributed by atoms with Crippen LogP contribution < -0.4 is 26.2 Å². The number of sulfonamides is 1. The second kappa shape index (κ2) is 12.0. The van der Waals surface area contributed by atoms with Gasteiger partial charge in [-0.3, -0.25) is 0 Å². The van der Waals surface area contributed by atoms with Crippen LogP contribution >= 0.6 is 0 Å². The Bertz CT molecular complexity index is 1890. The normalized spacial score (nSPS) is 11.1. The molecule has 1 aromatic heterocycles. The molecule has 0 aliphatic carbocycles. The molecule has 43 heavy (non-hydrogen) atoms. The molecule has 4 aromatic carbocycles. The number of hydrogen-bond acceptors (Lipinski definition) is 9. The molecular formula is C29H25N7O6S. The average molecular weight is 600 g/mol. The van der Waals surface area contributed by atoms with Crippen LogP contribution in [0.1, 0.15) is 15.9 Å². The number of nitrogens with two attached hydrogens (primary N) is 2. The predicted molar refractivity (Wildman–Crippen MR) is 160 cm³/mol. The fraction of sp³-hybridized carbons (Fsp3) is 0.0345. The molecule has 1 amide bonds. The van der Waals surface area contributed by atoms with Gasteiger partial charge in [-0.05, 0) is 65.2 Å². The van der Waals surface area contributed by atoms with Crippen LogP contribution in [-0.4, -0.2) is 40.3 Å². The number of nitrogens with one attached hydrogen (secondary N) is 2. The van der Waals surface area contributed by atoms with Gasteiger partial charge in [0.05, 0.1) is 4.90 Å². The summed E-state index contributed by atoms with van der Waals surface area (Å²) in [5.41, 5.74) is 9.05. The Kier molecular flexibility index (Phi) is 8.05. The van der Waals surface area contributed by atoms with E-state index in [2.05, 4.69) is 20.7 Å². The highest BCUT2D eigenvalue weighted by atomic mass is 32.2. The number of carbonyl (C=O) groups is 2. The molecule has 0 saturated heterocycles. The van der Waals surface area contributed by atoms with E-state index in [4.69, 9.17) is 15.6 Å². The van der Waals surface area contributed by atoms with Crippen molar-refractivity contribution < 1.29 is 27.9 Å². The summed E-state index contributed by atoms with van der Waals surface area (Å²) in [6.45, 7) is 0.233. The van der Waals surface area contributed by atoms with Crippen molar-refractivity contribution in [2.45, 2.75) is 11.5 Å². The Labute approximate surface area is 245 Å². The number of aromatic carboxylic acids is 1. The standard InChI is InChI=1S/C29H25N7O6S/c30-27-34-28(32-21-11-13-23(14-12-21)43(31,40)41)35-36(27)29(39)33-22-9-6-19(7-10-22)20-8-15-25(24(16-20)26(37)38)42-17-18-4-2-1-3-5-18/h1-16H,17H2,(H,33,39)(H,37,38)(H2,31,40,41)(H3,30,32,34,35). The largest absolute Gasteiger partial charge is 0.488 e. The van der Waals surface area contributed by atoms with Crippen molar-refractivity contribution in [2.24, 2.45) is 5.14 Å². The number of nitrogens with zero attached hydrogens (tertiary/aromatic N) is 3. The molecule has 1 heterocycles. The lowest BCUT2D eigenvalue weighted by Gasteiger charge is -2.12. The molecule has 0 atom stereocenters. The summed E-state index contributed by atoms with van der Waals surface area (Å²) >= 11 is 0. The molecule has 5 rings (SSSR count). The molecule has 13 nitrogen and oxygen atoms in total. The number of carbonyl (C=O) groups excluding carboxylic acids is 1. The fourth-order valence-corrected chi connectivity index (χ4v) is 4.56. The van der Waals surface area contributed by atoms with Crippen LogP contribution in [-0.2, 0) is 16.6 Å². The molecule has 0 aliphatic rings. The molecule has 7 N–H and O–H groups in total. The molecule has 0 bridgehead atoms. The van der Waals surface area contributed by atoms with E-state index in [0.29, 0.717) is 16.9 Å². The van der Waals surface area contributed by atoms with Gasteiger partial charge in [-0.15, -0.1) is 9.78 Å². The summed E-state index contributed by atoms with van der Waals surface area (Å²) < 4.78 is 29.5. The van der Waals surface area contributed by atoms with E-state index in [1.54, 1.807) is 36.4 Å². The number of carboxylic acid groups (broad SMARTS) is 1.